The zero-order valence-corrected chi connectivity index (χ0v) is 18.7. The molecule has 0 aliphatic carbocycles. The topological polar surface area (TPSA) is 73.0 Å². The Balaban J connectivity index is 1.58. The minimum Gasteiger partial charge on any atom is -0.371 e. The number of anilines is 2. The highest BCUT2D eigenvalue weighted by atomic mass is 32.2. The number of hydrogen-bond acceptors (Lipinski definition) is 4. The van der Waals surface area contributed by atoms with E-state index in [1.54, 1.807) is 0 Å². The van der Waals surface area contributed by atoms with Crippen LogP contribution < -0.4 is 14.5 Å². The fourth-order valence-electron chi connectivity index (χ4n) is 3.67. The molecule has 7 nitrogen and oxygen atoms in total. The lowest BCUT2D eigenvalue weighted by molar-refractivity contribution is -0.119. The Labute approximate surface area is 183 Å². The lowest BCUT2D eigenvalue weighted by Crippen LogP contribution is -2.46. The number of nitrogens with one attached hydrogen (secondary N) is 1. The number of amides is 1. The highest BCUT2D eigenvalue weighted by Gasteiger charge is 2.29. The molecule has 0 unspecified atom stereocenters. The van der Waals surface area contributed by atoms with Crippen LogP contribution >= 0.6 is 0 Å². The minimum atomic E-state index is -4.03. The van der Waals surface area contributed by atoms with E-state index in [-0.39, 0.29) is 5.69 Å². The Morgan fingerprint density at radius 3 is 2.58 bits per heavy atom. The van der Waals surface area contributed by atoms with Crippen molar-refractivity contribution in [3.05, 3.63) is 59.9 Å². The second kappa shape index (κ2) is 10.1. The maximum atomic E-state index is 14.3. The maximum absolute atomic E-state index is 14.3. The van der Waals surface area contributed by atoms with E-state index in [2.05, 4.69) is 22.3 Å². The third-order valence-electron chi connectivity index (χ3n) is 5.28. The molecular weight excluding hydrogens is 419 g/mol. The predicted molar refractivity (Wildman–Crippen MR) is 121 cm³/mol. The Morgan fingerprint density at radius 2 is 1.84 bits per heavy atom. The second-order valence-corrected chi connectivity index (χ2v) is 9.74. The largest absolute Gasteiger partial charge is 0.371 e. The third-order valence-corrected chi connectivity index (χ3v) is 7.09. The first-order valence-corrected chi connectivity index (χ1v) is 11.7. The van der Waals surface area contributed by atoms with Crippen LogP contribution in [0.4, 0.5) is 15.8 Å². The molecule has 0 saturated carbocycles. The lowest BCUT2D eigenvalue weighted by atomic mass is 10.0. The van der Waals surface area contributed by atoms with E-state index in [0.29, 0.717) is 6.54 Å². The van der Waals surface area contributed by atoms with Crippen LogP contribution in [0.5, 0.6) is 0 Å². The molecule has 0 fully saturated rings. The first-order valence-electron chi connectivity index (χ1n) is 10.3. The first kappa shape index (κ1) is 23.0. The highest BCUT2D eigenvalue weighted by Crippen LogP contribution is 2.26. The number of rotatable bonds is 9. The molecule has 1 aliphatic heterocycles. The number of carbonyl (C=O) groups is 1. The summed E-state index contributed by atoms with van der Waals surface area (Å²) in [5.41, 5.74) is 2.42. The Bertz CT molecular complexity index is 1010. The number of para-hydroxylation sites is 2. The number of halogens is 1. The van der Waals surface area contributed by atoms with Gasteiger partial charge in [-0.25, -0.2) is 8.70 Å². The Morgan fingerprint density at radius 1 is 1.13 bits per heavy atom. The van der Waals surface area contributed by atoms with Gasteiger partial charge in [0.25, 0.3) is 0 Å². The van der Waals surface area contributed by atoms with E-state index < -0.39 is 28.5 Å². The minimum absolute atomic E-state index is 0.156. The quantitative estimate of drug-likeness (QED) is 0.598. The van der Waals surface area contributed by atoms with Gasteiger partial charge in [-0.2, -0.15) is 12.7 Å². The van der Waals surface area contributed by atoms with Crippen molar-refractivity contribution in [1.29, 1.82) is 0 Å². The number of aryl methyl sites for hydroxylation is 1. The molecule has 0 radical (unpaired) electrons. The molecule has 0 spiro atoms. The van der Waals surface area contributed by atoms with Gasteiger partial charge in [-0.1, -0.05) is 30.3 Å². The van der Waals surface area contributed by atoms with Gasteiger partial charge in [0.2, 0.25) is 5.91 Å². The molecule has 2 aromatic rings. The molecule has 0 bridgehead atoms. The summed E-state index contributed by atoms with van der Waals surface area (Å²) in [4.78, 5) is 14.8. The van der Waals surface area contributed by atoms with E-state index in [1.165, 1.54) is 49.6 Å². The average molecular weight is 449 g/mol. The SMILES string of the molecule is CN(C)S(=O)(=O)N(CC(=O)NCCCN1CCCc2ccccc21)c1ccccc1F. The van der Waals surface area contributed by atoms with Crippen molar-refractivity contribution in [2.75, 3.05) is 49.5 Å². The molecule has 9 heteroatoms. The van der Waals surface area contributed by atoms with Crippen molar-refractivity contribution in [2.24, 2.45) is 0 Å². The summed E-state index contributed by atoms with van der Waals surface area (Å²) in [5.74, 6) is -1.18. The van der Waals surface area contributed by atoms with E-state index in [1.807, 2.05) is 12.1 Å². The molecule has 168 valence electrons. The van der Waals surface area contributed by atoms with Gasteiger partial charge >= 0.3 is 10.2 Å². The van der Waals surface area contributed by atoms with Gasteiger partial charge in [0.05, 0.1) is 5.69 Å². The van der Waals surface area contributed by atoms with Crippen molar-refractivity contribution in [1.82, 2.24) is 9.62 Å². The van der Waals surface area contributed by atoms with Crippen LogP contribution in [0.1, 0.15) is 18.4 Å². The molecule has 1 aliphatic rings. The molecule has 31 heavy (non-hydrogen) atoms. The molecule has 0 atom stereocenters. The Kier molecular flexibility index (Phi) is 7.50. The van der Waals surface area contributed by atoms with Crippen molar-refractivity contribution in [3.63, 3.8) is 0 Å². The Hall–Kier alpha value is -2.65. The normalized spacial score (nSPS) is 13.7. The summed E-state index contributed by atoms with van der Waals surface area (Å²) < 4.78 is 41.3. The maximum Gasteiger partial charge on any atom is 0.304 e. The molecule has 0 saturated heterocycles. The number of fused-ring (bicyclic) bond motifs is 1. The third kappa shape index (κ3) is 5.54. The van der Waals surface area contributed by atoms with Crippen LogP contribution in [0, 0.1) is 5.82 Å². The van der Waals surface area contributed by atoms with E-state index in [9.17, 15) is 17.6 Å². The van der Waals surface area contributed by atoms with Gasteiger partial charge in [0, 0.05) is 39.4 Å². The van der Waals surface area contributed by atoms with Gasteiger partial charge < -0.3 is 10.2 Å². The summed E-state index contributed by atoms with van der Waals surface area (Å²) >= 11 is 0. The van der Waals surface area contributed by atoms with E-state index in [4.69, 9.17) is 0 Å². The van der Waals surface area contributed by atoms with Gasteiger partial charge in [-0.15, -0.1) is 0 Å². The molecule has 0 aromatic heterocycles. The van der Waals surface area contributed by atoms with Crippen LogP contribution in [-0.4, -0.2) is 58.9 Å². The van der Waals surface area contributed by atoms with Crippen LogP contribution in [0.3, 0.4) is 0 Å². The summed E-state index contributed by atoms with van der Waals surface area (Å²) in [7, 11) is -1.34. The van der Waals surface area contributed by atoms with E-state index >= 15 is 0 Å². The molecule has 3 rings (SSSR count). The summed E-state index contributed by atoms with van der Waals surface area (Å²) in [6.07, 6.45) is 2.90. The fraction of sp³-hybridized carbons (Fsp3) is 0.409. The van der Waals surface area contributed by atoms with Gasteiger partial charge in [0.1, 0.15) is 12.4 Å². The smallest absolute Gasteiger partial charge is 0.304 e. The summed E-state index contributed by atoms with van der Waals surface area (Å²) in [5, 5.41) is 2.76. The van der Waals surface area contributed by atoms with Gasteiger partial charge in [-0.05, 0) is 43.0 Å². The zero-order valence-electron chi connectivity index (χ0n) is 17.9. The summed E-state index contributed by atoms with van der Waals surface area (Å²) in [6, 6.07) is 13.9. The lowest BCUT2D eigenvalue weighted by Gasteiger charge is -2.31. The van der Waals surface area contributed by atoms with Crippen LogP contribution in [0.2, 0.25) is 0 Å². The number of benzene rings is 2. The number of nitrogens with zero attached hydrogens (tertiary/aromatic N) is 3. The standard InChI is InChI=1S/C22H29FN4O3S/c1-25(2)31(29,30)27(21-13-6-4-11-19(21)23)17-22(28)24-14-8-16-26-15-7-10-18-9-3-5-12-20(18)26/h3-6,9,11-13H,7-8,10,14-17H2,1-2H3,(H,24,28). The highest BCUT2D eigenvalue weighted by molar-refractivity contribution is 7.90. The van der Waals surface area contributed by atoms with Crippen molar-refractivity contribution < 1.29 is 17.6 Å². The van der Waals surface area contributed by atoms with Crippen LogP contribution in [0.25, 0.3) is 0 Å². The van der Waals surface area contributed by atoms with Crippen molar-refractivity contribution >= 4 is 27.5 Å². The number of hydrogen-bond donors (Lipinski definition) is 1. The average Bonchev–Trinajstić information content (AvgIpc) is 2.75. The number of carbonyl (C=O) groups excluding carboxylic acids is 1. The molecule has 1 N–H and O–H groups in total. The molecule has 1 amide bonds. The molecule has 2 aromatic carbocycles. The summed E-state index contributed by atoms with van der Waals surface area (Å²) in [6.45, 7) is 1.69. The van der Waals surface area contributed by atoms with E-state index in [0.717, 1.165) is 41.0 Å². The van der Waals surface area contributed by atoms with Crippen molar-refractivity contribution in [3.8, 4) is 0 Å². The monoisotopic (exact) mass is 448 g/mol. The first-order chi connectivity index (χ1) is 14.8. The predicted octanol–water partition coefficient (Wildman–Crippen LogP) is 2.40. The van der Waals surface area contributed by atoms with Gasteiger partial charge in [-0.3, -0.25) is 4.79 Å². The van der Waals surface area contributed by atoms with Crippen LogP contribution in [0.15, 0.2) is 48.5 Å². The molecule has 1 heterocycles. The zero-order chi connectivity index (χ0) is 22.4. The second-order valence-electron chi connectivity index (χ2n) is 7.67. The van der Waals surface area contributed by atoms with Crippen LogP contribution in [-0.2, 0) is 21.4 Å². The van der Waals surface area contributed by atoms with Gasteiger partial charge in [0.15, 0.2) is 0 Å². The fourth-order valence-corrected chi connectivity index (χ4v) is 4.74. The van der Waals surface area contributed by atoms with Crippen molar-refractivity contribution in [2.45, 2.75) is 19.3 Å². The molecular formula is C22H29FN4O3S.